The lowest BCUT2D eigenvalue weighted by Crippen LogP contribution is -2.29. The van der Waals surface area contributed by atoms with Crippen LogP contribution in [0.2, 0.25) is 0 Å². The Kier molecular flexibility index (Phi) is 5.09. The van der Waals surface area contributed by atoms with Gasteiger partial charge in [0.15, 0.2) is 0 Å². The quantitative estimate of drug-likeness (QED) is 0.867. The number of carbonyl (C=O) groups is 2. The second-order valence-corrected chi connectivity index (χ2v) is 4.62. The number of aromatic nitrogens is 1. The minimum atomic E-state index is -0.864. The average molecular weight is 301 g/mol. The highest BCUT2D eigenvalue weighted by Gasteiger charge is 2.12. The highest BCUT2D eigenvalue weighted by atomic mass is 79.9. The van der Waals surface area contributed by atoms with E-state index in [0.717, 1.165) is 0 Å². The zero-order valence-corrected chi connectivity index (χ0v) is 10.9. The van der Waals surface area contributed by atoms with Crippen LogP contribution in [-0.2, 0) is 4.79 Å². The van der Waals surface area contributed by atoms with Crippen LogP contribution in [0.15, 0.2) is 22.9 Å². The molecule has 0 spiro atoms. The molecule has 6 heteroatoms. The van der Waals surface area contributed by atoms with Crippen molar-refractivity contribution in [2.75, 3.05) is 6.54 Å². The van der Waals surface area contributed by atoms with Gasteiger partial charge in [0, 0.05) is 29.8 Å². The summed E-state index contributed by atoms with van der Waals surface area (Å²) in [7, 11) is 0. The molecule has 0 radical (unpaired) electrons. The van der Waals surface area contributed by atoms with Crippen LogP contribution in [-0.4, -0.2) is 28.5 Å². The third-order valence-electron chi connectivity index (χ3n) is 2.15. The molecule has 1 atom stereocenters. The molecule has 1 unspecified atom stereocenters. The molecular weight excluding hydrogens is 288 g/mol. The molecule has 0 bridgehead atoms. The molecule has 5 nitrogen and oxygen atoms in total. The highest BCUT2D eigenvalue weighted by molar-refractivity contribution is 9.10. The van der Waals surface area contributed by atoms with Crippen molar-refractivity contribution >= 4 is 27.8 Å². The molecule has 1 rings (SSSR count). The Hall–Kier alpha value is -1.43. The van der Waals surface area contributed by atoms with Gasteiger partial charge >= 0.3 is 5.97 Å². The fourth-order valence-corrected chi connectivity index (χ4v) is 1.72. The largest absolute Gasteiger partial charge is 0.481 e. The minimum Gasteiger partial charge on any atom is -0.481 e. The van der Waals surface area contributed by atoms with E-state index >= 15 is 0 Å². The van der Waals surface area contributed by atoms with E-state index in [4.69, 9.17) is 5.11 Å². The molecule has 1 aromatic rings. The van der Waals surface area contributed by atoms with Gasteiger partial charge in [-0.05, 0) is 27.9 Å². The minimum absolute atomic E-state index is 0.0395. The monoisotopic (exact) mass is 300 g/mol. The number of hydrogen-bond donors (Lipinski definition) is 2. The summed E-state index contributed by atoms with van der Waals surface area (Å²) in [6.45, 7) is 2.11. The smallest absolute Gasteiger partial charge is 0.303 e. The van der Waals surface area contributed by atoms with Crippen molar-refractivity contribution in [3.63, 3.8) is 0 Å². The fraction of sp³-hybridized carbons (Fsp3) is 0.364. The highest BCUT2D eigenvalue weighted by Crippen LogP contribution is 2.14. The number of halogens is 1. The predicted octanol–water partition coefficient (Wildman–Crippen LogP) is 1.68. The molecule has 0 aliphatic rings. The Labute approximate surface area is 107 Å². The summed E-state index contributed by atoms with van der Waals surface area (Å²) in [5.41, 5.74) is 0.488. The summed E-state index contributed by atoms with van der Waals surface area (Å²) in [6, 6.07) is 1.60. The Morgan fingerprint density at radius 1 is 1.59 bits per heavy atom. The van der Waals surface area contributed by atoms with E-state index in [1.165, 1.54) is 12.4 Å². The second kappa shape index (κ2) is 6.34. The van der Waals surface area contributed by atoms with Crippen LogP contribution in [0, 0.1) is 5.92 Å². The normalized spacial score (nSPS) is 11.9. The zero-order valence-electron chi connectivity index (χ0n) is 9.31. The summed E-state index contributed by atoms with van der Waals surface area (Å²) < 4.78 is 0.614. The first-order chi connectivity index (χ1) is 8.00. The van der Waals surface area contributed by atoms with Gasteiger partial charge in [0.1, 0.15) is 0 Å². The van der Waals surface area contributed by atoms with Crippen molar-refractivity contribution in [3.8, 4) is 0 Å². The molecule has 0 aliphatic heterocycles. The van der Waals surface area contributed by atoms with E-state index in [2.05, 4.69) is 26.2 Å². The Bertz CT molecular complexity index is 423. The van der Waals surface area contributed by atoms with Crippen LogP contribution in [0.25, 0.3) is 0 Å². The molecule has 0 fully saturated rings. The summed E-state index contributed by atoms with van der Waals surface area (Å²) in [5, 5.41) is 11.3. The average Bonchev–Trinajstić information content (AvgIpc) is 2.25. The van der Waals surface area contributed by atoms with Crippen molar-refractivity contribution in [1.29, 1.82) is 0 Å². The predicted molar refractivity (Wildman–Crippen MR) is 65.7 cm³/mol. The number of nitrogens with one attached hydrogen (secondary N) is 1. The van der Waals surface area contributed by atoms with Crippen molar-refractivity contribution in [1.82, 2.24) is 10.3 Å². The first kappa shape index (κ1) is 13.6. The van der Waals surface area contributed by atoms with Gasteiger partial charge in [-0.2, -0.15) is 0 Å². The molecular formula is C11H13BrN2O3. The number of pyridine rings is 1. The number of amides is 1. The molecule has 17 heavy (non-hydrogen) atoms. The van der Waals surface area contributed by atoms with E-state index in [0.29, 0.717) is 16.6 Å². The Morgan fingerprint density at radius 3 is 2.88 bits per heavy atom. The number of rotatable bonds is 5. The third-order valence-corrected chi connectivity index (χ3v) is 2.78. The molecule has 1 heterocycles. The Balaban J connectivity index is 2.51. The van der Waals surface area contributed by atoms with Crippen LogP contribution in [0.3, 0.4) is 0 Å². The number of nitrogens with zero attached hydrogens (tertiary/aromatic N) is 1. The maximum atomic E-state index is 11.7. The van der Waals surface area contributed by atoms with E-state index in [1.807, 2.05) is 0 Å². The SMILES string of the molecule is CC(CNC(=O)c1ccncc1Br)CC(=O)O. The van der Waals surface area contributed by atoms with Gasteiger partial charge in [-0.15, -0.1) is 0 Å². The molecule has 92 valence electrons. The lowest BCUT2D eigenvalue weighted by molar-refractivity contribution is -0.137. The summed E-state index contributed by atoms with van der Waals surface area (Å²) in [5.74, 6) is -1.20. The molecule has 1 amide bonds. The van der Waals surface area contributed by atoms with Gasteiger partial charge in [-0.1, -0.05) is 6.92 Å². The lowest BCUT2D eigenvalue weighted by atomic mass is 10.1. The van der Waals surface area contributed by atoms with E-state index in [9.17, 15) is 9.59 Å². The third kappa shape index (κ3) is 4.52. The van der Waals surface area contributed by atoms with Gasteiger partial charge < -0.3 is 10.4 Å². The Morgan fingerprint density at radius 2 is 2.29 bits per heavy atom. The molecule has 0 saturated carbocycles. The van der Waals surface area contributed by atoms with Gasteiger partial charge in [0.2, 0.25) is 0 Å². The number of carbonyl (C=O) groups excluding carboxylic acids is 1. The van der Waals surface area contributed by atoms with Crippen molar-refractivity contribution in [2.24, 2.45) is 5.92 Å². The van der Waals surface area contributed by atoms with Crippen molar-refractivity contribution < 1.29 is 14.7 Å². The number of hydrogen-bond acceptors (Lipinski definition) is 3. The maximum absolute atomic E-state index is 11.7. The van der Waals surface area contributed by atoms with Crippen LogP contribution < -0.4 is 5.32 Å². The van der Waals surface area contributed by atoms with Crippen molar-refractivity contribution in [3.05, 3.63) is 28.5 Å². The number of aliphatic carboxylic acids is 1. The van der Waals surface area contributed by atoms with Crippen LogP contribution >= 0.6 is 15.9 Å². The first-order valence-corrected chi connectivity index (χ1v) is 5.89. The van der Waals surface area contributed by atoms with E-state index in [-0.39, 0.29) is 18.2 Å². The van der Waals surface area contributed by atoms with Gasteiger partial charge in [-0.25, -0.2) is 0 Å². The zero-order chi connectivity index (χ0) is 12.8. The summed E-state index contributed by atoms with van der Waals surface area (Å²) in [4.78, 5) is 26.0. The maximum Gasteiger partial charge on any atom is 0.303 e. The van der Waals surface area contributed by atoms with Gasteiger partial charge in [0.25, 0.3) is 5.91 Å². The summed E-state index contributed by atoms with van der Waals surface area (Å²) in [6.07, 6.45) is 3.10. The topological polar surface area (TPSA) is 79.3 Å². The second-order valence-electron chi connectivity index (χ2n) is 3.77. The van der Waals surface area contributed by atoms with Gasteiger partial charge in [0.05, 0.1) is 5.56 Å². The summed E-state index contributed by atoms with van der Waals surface area (Å²) >= 11 is 3.23. The van der Waals surface area contributed by atoms with Crippen LogP contribution in [0.1, 0.15) is 23.7 Å². The van der Waals surface area contributed by atoms with E-state index in [1.54, 1.807) is 13.0 Å². The molecule has 0 aliphatic carbocycles. The first-order valence-electron chi connectivity index (χ1n) is 5.10. The standard InChI is InChI=1S/C11H13BrN2O3/c1-7(4-10(15)16)5-14-11(17)8-2-3-13-6-9(8)12/h2-3,6-7H,4-5H2,1H3,(H,14,17)(H,15,16). The van der Waals surface area contributed by atoms with Crippen molar-refractivity contribution in [2.45, 2.75) is 13.3 Å². The molecule has 0 aromatic carbocycles. The lowest BCUT2D eigenvalue weighted by Gasteiger charge is -2.10. The van der Waals surface area contributed by atoms with E-state index < -0.39 is 5.97 Å². The van der Waals surface area contributed by atoms with Crippen LogP contribution in [0.5, 0.6) is 0 Å². The number of carboxylic acids is 1. The van der Waals surface area contributed by atoms with Crippen LogP contribution in [0.4, 0.5) is 0 Å². The molecule has 1 aromatic heterocycles. The van der Waals surface area contributed by atoms with Gasteiger partial charge in [-0.3, -0.25) is 14.6 Å². The number of carboxylic acid groups (broad SMARTS) is 1. The fourth-order valence-electron chi connectivity index (χ4n) is 1.29. The molecule has 2 N–H and O–H groups in total. The molecule has 0 saturated heterocycles.